The average Bonchev–Trinajstić information content (AvgIpc) is 2.60. The lowest BCUT2D eigenvalue weighted by atomic mass is 9.91. The first-order valence-electron chi connectivity index (χ1n) is 8.84. The van der Waals surface area contributed by atoms with Gasteiger partial charge < -0.3 is 14.4 Å². The van der Waals surface area contributed by atoms with Crippen molar-refractivity contribution in [2.45, 2.75) is 32.1 Å². The molecule has 144 valence electrons. The zero-order chi connectivity index (χ0) is 18.9. The number of rotatable bonds is 3. The molecular formula is C18H26N2O5S. The van der Waals surface area contributed by atoms with E-state index in [1.54, 1.807) is 17.0 Å². The molecule has 0 radical (unpaired) electrons. The van der Waals surface area contributed by atoms with E-state index >= 15 is 0 Å². The van der Waals surface area contributed by atoms with E-state index in [1.807, 2.05) is 20.8 Å². The van der Waals surface area contributed by atoms with Gasteiger partial charge in [0.05, 0.1) is 4.90 Å². The molecule has 26 heavy (non-hydrogen) atoms. The van der Waals surface area contributed by atoms with E-state index in [1.165, 1.54) is 10.4 Å². The lowest BCUT2D eigenvalue weighted by Crippen LogP contribution is -2.51. The maximum absolute atomic E-state index is 12.9. The van der Waals surface area contributed by atoms with Crippen LogP contribution in [0.3, 0.4) is 0 Å². The fraction of sp³-hybridized carbons (Fsp3) is 0.611. The third-order valence-electron chi connectivity index (χ3n) is 4.42. The Kier molecular flexibility index (Phi) is 5.16. The molecule has 0 N–H and O–H groups in total. The zero-order valence-corrected chi connectivity index (χ0v) is 16.3. The normalized spacial score (nSPS) is 18.7. The van der Waals surface area contributed by atoms with Gasteiger partial charge in [-0.2, -0.15) is 4.31 Å². The second-order valence-electron chi connectivity index (χ2n) is 7.83. The van der Waals surface area contributed by atoms with Crippen molar-refractivity contribution < 1.29 is 22.7 Å². The fourth-order valence-corrected chi connectivity index (χ4v) is 4.51. The molecule has 1 saturated heterocycles. The summed E-state index contributed by atoms with van der Waals surface area (Å²) in [5.74, 6) is 1.10. The van der Waals surface area contributed by atoms with Gasteiger partial charge in [0, 0.05) is 38.7 Å². The van der Waals surface area contributed by atoms with Crippen molar-refractivity contribution >= 4 is 15.9 Å². The number of amides is 1. The Labute approximate surface area is 154 Å². The van der Waals surface area contributed by atoms with Gasteiger partial charge in [0.1, 0.15) is 13.2 Å². The van der Waals surface area contributed by atoms with E-state index in [-0.39, 0.29) is 16.2 Å². The van der Waals surface area contributed by atoms with Gasteiger partial charge in [-0.05, 0) is 17.5 Å². The summed E-state index contributed by atoms with van der Waals surface area (Å²) < 4.78 is 38.2. The average molecular weight is 382 g/mol. The van der Waals surface area contributed by atoms with Crippen molar-refractivity contribution in [1.29, 1.82) is 0 Å². The number of fused-ring (bicyclic) bond motifs is 1. The third kappa shape index (κ3) is 4.12. The predicted octanol–water partition coefficient (Wildman–Crippen LogP) is 1.73. The molecule has 1 aromatic rings. The zero-order valence-electron chi connectivity index (χ0n) is 15.5. The number of benzene rings is 1. The predicted molar refractivity (Wildman–Crippen MR) is 96.8 cm³/mol. The van der Waals surface area contributed by atoms with Gasteiger partial charge in [0.25, 0.3) is 0 Å². The van der Waals surface area contributed by atoms with Crippen molar-refractivity contribution in [3.8, 4) is 11.5 Å². The number of carbonyl (C=O) groups excluding carboxylic acids is 1. The second kappa shape index (κ2) is 7.08. The number of sulfonamides is 1. The van der Waals surface area contributed by atoms with E-state index < -0.39 is 10.0 Å². The van der Waals surface area contributed by atoms with E-state index in [9.17, 15) is 13.2 Å². The van der Waals surface area contributed by atoms with Gasteiger partial charge in [0.15, 0.2) is 11.5 Å². The fourth-order valence-electron chi connectivity index (χ4n) is 3.08. The number of ether oxygens (including phenoxy) is 2. The molecule has 0 spiro atoms. The number of hydrogen-bond acceptors (Lipinski definition) is 5. The summed E-state index contributed by atoms with van der Waals surface area (Å²) in [7, 11) is -3.62. The first kappa shape index (κ1) is 19.0. The van der Waals surface area contributed by atoms with Crippen LogP contribution < -0.4 is 9.47 Å². The van der Waals surface area contributed by atoms with Crippen molar-refractivity contribution in [2.75, 3.05) is 39.4 Å². The Bertz CT molecular complexity index is 777. The van der Waals surface area contributed by atoms with E-state index in [4.69, 9.17) is 9.47 Å². The molecule has 0 unspecified atom stereocenters. The van der Waals surface area contributed by atoms with Crippen LogP contribution in [0.25, 0.3) is 0 Å². The highest BCUT2D eigenvalue weighted by atomic mass is 32.2. The van der Waals surface area contributed by atoms with Crippen LogP contribution in [0.5, 0.6) is 11.5 Å². The first-order valence-corrected chi connectivity index (χ1v) is 10.3. The molecule has 3 rings (SSSR count). The van der Waals surface area contributed by atoms with Crippen LogP contribution in [0.4, 0.5) is 0 Å². The van der Waals surface area contributed by atoms with Crippen LogP contribution in [-0.4, -0.2) is 62.9 Å². The van der Waals surface area contributed by atoms with Crippen LogP contribution in [0, 0.1) is 5.41 Å². The molecule has 2 heterocycles. The molecule has 1 fully saturated rings. The highest BCUT2D eigenvalue weighted by molar-refractivity contribution is 7.89. The first-order chi connectivity index (χ1) is 12.2. The summed E-state index contributed by atoms with van der Waals surface area (Å²) in [5, 5.41) is 0. The van der Waals surface area contributed by atoms with Crippen molar-refractivity contribution in [3.63, 3.8) is 0 Å². The Hall–Kier alpha value is -1.80. The summed E-state index contributed by atoms with van der Waals surface area (Å²) >= 11 is 0. The third-order valence-corrected chi connectivity index (χ3v) is 6.32. The summed E-state index contributed by atoms with van der Waals surface area (Å²) in [6.45, 7) is 8.36. The summed E-state index contributed by atoms with van der Waals surface area (Å²) in [6.07, 6.45) is 0.460. The molecule has 2 aliphatic heterocycles. The Morgan fingerprint density at radius 3 is 2.27 bits per heavy atom. The van der Waals surface area contributed by atoms with Crippen LogP contribution in [0.1, 0.15) is 27.2 Å². The summed E-state index contributed by atoms with van der Waals surface area (Å²) in [6, 6.07) is 4.69. The van der Waals surface area contributed by atoms with E-state index in [0.717, 1.165) is 0 Å². The highest BCUT2D eigenvalue weighted by Gasteiger charge is 2.32. The van der Waals surface area contributed by atoms with Crippen LogP contribution in [-0.2, 0) is 14.8 Å². The summed E-state index contributed by atoms with van der Waals surface area (Å²) in [4.78, 5) is 14.3. The van der Waals surface area contributed by atoms with Gasteiger partial charge in [-0.25, -0.2) is 8.42 Å². The molecular weight excluding hydrogens is 356 g/mol. The molecule has 0 aromatic heterocycles. The van der Waals surface area contributed by atoms with E-state index in [2.05, 4.69) is 0 Å². The molecule has 1 aromatic carbocycles. The number of nitrogens with zero attached hydrogens (tertiary/aromatic N) is 2. The van der Waals surface area contributed by atoms with Crippen LogP contribution in [0.2, 0.25) is 0 Å². The SMILES string of the molecule is CC(C)(C)CC(=O)N1CCN(S(=O)(=O)c2ccc3c(c2)OCCO3)CC1. The maximum Gasteiger partial charge on any atom is 0.243 e. The molecule has 8 heteroatoms. The molecule has 7 nitrogen and oxygen atoms in total. The standard InChI is InChI=1S/C18H26N2O5S/c1-18(2,3)13-17(21)19-6-8-20(9-7-19)26(22,23)14-4-5-15-16(12-14)25-11-10-24-15/h4-5,12H,6-11,13H2,1-3H3. The van der Waals surface area contributed by atoms with Crippen molar-refractivity contribution in [3.05, 3.63) is 18.2 Å². The molecule has 0 atom stereocenters. The topological polar surface area (TPSA) is 76.2 Å². The molecule has 2 aliphatic rings. The molecule has 0 bridgehead atoms. The smallest absolute Gasteiger partial charge is 0.243 e. The second-order valence-corrected chi connectivity index (χ2v) is 9.77. The van der Waals surface area contributed by atoms with Gasteiger partial charge in [0.2, 0.25) is 15.9 Å². The van der Waals surface area contributed by atoms with Gasteiger partial charge >= 0.3 is 0 Å². The number of carbonyl (C=O) groups is 1. The molecule has 1 amide bonds. The molecule has 0 aliphatic carbocycles. The lowest BCUT2D eigenvalue weighted by Gasteiger charge is -2.35. The number of hydrogen-bond donors (Lipinski definition) is 0. The summed E-state index contributed by atoms with van der Waals surface area (Å²) in [5.41, 5.74) is -0.0779. The minimum absolute atomic E-state index is 0.0777. The Balaban J connectivity index is 1.67. The quantitative estimate of drug-likeness (QED) is 0.796. The highest BCUT2D eigenvalue weighted by Crippen LogP contribution is 2.33. The molecule has 0 saturated carbocycles. The van der Waals surface area contributed by atoms with Crippen molar-refractivity contribution in [2.24, 2.45) is 5.41 Å². The minimum Gasteiger partial charge on any atom is -0.486 e. The maximum atomic E-state index is 12.9. The van der Waals surface area contributed by atoms with Crippen LogP contribution in [0.15, 0.2) is 23.1 Å². The van der Waals surface area contributed by atoms with E-state index in [0.29, 0.717) is 57.3 Å². The van der Waals surface area contributed by atoms with Crippen LogP contribution >= 0.6 is 0 Å². The van der Waals surface area contributed by atoms with Gasteiger partial charge in [-0.3, -0.25) is 4.79 Å². The Morgan fingerprint density at radius 1 is 1.04 bits per heavy atom. The number of piperazine rings is 1. The largest absolute Gasteiger partial charge is 0.486 e. The Morgan fingerprint density at radius 2 is 1.65 bits per heavy atom. The lowest BCUT2D eigenvalue weighted by molar-refractivity contribution is -0.134. The van der Waals surface area contributed by atoms with Gasteiger partial charge in [-0.15, -0.1) is 0 Å². The van der Waals surface area contributed by atoms with Gasteiger partial charge in [-0.1, -0.05) is 20.8 Å². The minimum atomic E-state index is -3.62. The van der Waals surface area contributed by atoms with Crippen molar-refractivity contribution in [1.82, 2.24) is 9.21 Å². The monoisotopic (exact) mass is 382 g/mol.